The number of rotatable bonds is 5. The van der Waals surface area contributed by atoms with Crippen molar-refractivity contribution in [2.24, 2.45) is 0 Å². The van der Waals surface area contributed by atoms with Gasteiger partial charge in [0.15, 0.2) is 6.10 Å². The largest absolute Gasteiger partial charge is 0.452 e. The van der Waals surface area contributed by atoms with E-state index in [2.05, 4.69) is 33.4 Å². The van der Waals surface area contributed by atoms with Crippen molar-refractivity contribution in [3.05, 3.63) is 69.7 Å². The highest BCUT2D eigenvalue weighted by Gasteiger charge is 2.25. The number of hydrogen-bond acceptors (Lipinski definition) is 3. The zero-order chi connectivity index (χ0) is 18.5. The first-order chi connectivity index (χ1) is 12.5. The van der Waals surface area contributed by atoms with Crippen LogP contribution >= 0.6 is 15.9 Å². The first-order valence-corrected chi connectivity index (χ1v) is 9.64. The molecule has 2 aromatic carbocycles. The monoisotopic (exact) mass is 415 g/mol. The Kier molecular flexibility index (Phi) is 6.09. The molecule has 0 saturated heterocycles. The van der Waals surface area contributed by atoms with Gasteiger partial charge in [0.25, 0.3) is 5.91 Å². The smallest absolute Gasteiger partial charge is 0.311 e. The summed E-state index contributed by atoms with van der Waals surface area (Å²) >= 11 is 3.36. The van der Waals surface area contributed by atoms with E-state index in [1.165, 1.54) is 11.1 Å². The van der Waals surface area contributed by atoms with Crippen LogP contribution in [0.15, 0.2) is 53.0 Å². The minimum absolute atomic E-state index is 0.0138. The van der Waals surface area contributed by atoms with Gasteiger partial charge in [-0.25, -0.2) is 0 Å². The lowest BCUT2D eigenvalue weighted by atomic mass is 9.87. The van der Waals surface area contributed by atoms with Crippen LogP contribution in [0.1, 0.15) is 42.5 Å². The average Bonchev–Trinajstić information content (AvgIpc) is 2.64. The van der Waals surface area contributed by atoms with Gasteiger partial charge in [-0.1, -0.05) is 52.3 Å². The van der Waals surface area contributed by atoms with Gasteiger partial charge in [0.2, 0.25) is 0 Å². The first kappa shape index (κ1) is 18.6. The van der Waals surface area contributed by atoms with Crippen molar-refractivity contribution in [1.82, 2.24) is 5.32 Å². The molecule has 1 aliphatic rings. The Labute approximate surface area is 162 Å². The minimum Gasteiger partial charge on any atom is -0.452 e. The zero-order valence-corrected chi connectivity index (χ0v) is 16.3. The first-order valence-electron chi connectivity index (χ1n) is 8.85. The summed E-state index contributed by atoms with van der Waals surface area (Å²) in [6.45, 7) is 1.61. The molecule has 0 fully saturated rings. The standard InChI is InChI=1S/C21H22BrNO3/c1-14(26-20(24)13-15-9-11-17(22)12-10-15)21(25)23-19-8-4-6-16-5-2-3-7-18(16)19/h2-3,5,7,9-12,14,19H,4,6,8,13H2,1H3,(H,23,25)/t14-,19-/m1/s1. The molecule has 2 atom stereocenters. The molecule has 0 unspecified atom stereocenters. The maximum atomic E-state index is 12.5. The fraction of sp³-hybridized carbons (Fsp3) is 0.333. The lowest BCUT2D eigenvalue weighted by molar-refractivity contribution is -0.154. The van der Waals surface area contributed by atoms with E-state index in [0.29, 0.717) is 0 Å². The van der Waals surface area contributed by atoms with E-state index in [4.69, 9.17) is 4.74 Å². The molecule has 1 aliphatic carbocycles. The summed E-state index contributed by atoms with van der Waals surface area (Å²) in [6.07, 6.45) is 2.33. The van der Waals surface area contributed by atoms with Crippen molar-refractivity contribution in [3.8, 4) is 0 Å². The number of fused-ring (bicyclic) bond motifs is 1. The Hall–Kier alpha value is -2.14. The Balaban J connectivity index is 1.55. The third-order valence-electron chi connectivity index (χ3n) is 4.63. The van der Waals surface area contributed by atoms with Gasteiger partial charge < -0.3 is 10.1 Å². The third kappa shape index (κ3) is 4.73. The molecule has 0 aliphatic heterocycles. The lowest BCUT2D eigenvalue weighted by Crippen LogP contribution is -2.39. The molecule has 0 heterocycles. The second-order valence-electron chi connectivity index (χ2n) is 6.59. The summed E-state index contributed by atoms with van der Waals surface area (Å²) in [5.74, 6) is -0.658. The van der Waals surface area contributed by atoms with Gasteiger partial charge in [-0.2, -0.15) is 0 Å². The number of amides is 1. The number of ether oxygens (including phenoxy) is 1. The van der Waals surface area contributed by atoms with E-state index >= 15 is 0 Å². The number of benzene rings is 2. The van der Waals surface area contributed by atoms with Crippen molar-refractivity contribution in [2.75, 3.05) is 0 Å². The Morgan fingerprint density at radius 2 is 1.92 bits per heavy atom. The Bertz CT molecular complexity index is 788. The quantitative estimate of drug-likeness (QED) is 0.747. The second kappa shape index (κ2) is 8.49. The van der Waals surface area contributed by atoms with E-state index < -0.39 is 12.1 Å². The highest BCUT2D eigenvalue weighted by Crippen LogP contribution is 2.29. The van der Waals surface area contributed by atoms with Crippen LogP contribution in [0.4, 0.5) is 0 Å². The molecule has 26 heavy (non-hydrogen) atoms. The van der Waals surface area contributed by atoms with Crippen LogP contribution in [-0.4, -0.2) is 18.0 Å². The number of halogens is 1. The highest BCUT2D eigenvalue weighted by molar-refractivity contribution is 9.10. The van der Waals surface area contributed by atoms with Gasteiger partial charge in [-0.15, -0.1) is 0 Å². The van der Waals surface area contributed by atoms with Crippen LogP contribution < -0.4 is 5.32 Å². The third-order valence-corrected chi connectivity index (χ3v) is 5.15. The van der Waals surface area contributed by atoms with Gasteiger partial charge in [-0.05, 0) is 55.0 Å². The topological polar surface area (TPSA) is 55.4 Å². The fourth-order valence-corrected chi connectivity index (χ4v) is 3.52. The maximum absolute atomic E-state index is 12.5. The molecule has 0 bridgehead atoms. The van der Waals surface area contributed by atoms with E-state index in [-0.39, 0.29) is 18.4 Å². The Morgan fingerprint density at radius 3 is 2.69 bits per heavy atom. The predicted molar refractivity (Wildman–Crippen MR) is 104 cm³/mol. The molecule has 136 valence electrons. The SMILES string of the molecule is C[C@@H](OC(=O)Cc1ccc(Br)cc1)C(=O)N[C@@H]1CCCc2ccccc21. The van der Waals surface area contributed by atoms with Gasteiger partial charge in [0.05, 0.1) is 12.5 Å². The number of nitrogens with one attached hydrogen (secondary N) is 1. The molecule has 0 saturated carbocycles. The lowest BCUT2D eigenvalue weighted by Gasteiger charge is -2.27. The minimum atomic E-state index is -0.813. The molecule has 0 spiro atoms. The highest BCUT2D eigenvalue weighted by atomic mass is 79.9. The molecule has 2 aromatic rings. The summed E-state index contributed by atoms with van der Waals surface area (Å²) < 4.78 is 6.27. The van der Waals surface area contributed by atoms with Crippen LogP contribution in [0.2, 0.25) is 0 Å². The van der Waals surface area contributed by atoms with Crippen LogP contribution in [0.25, 0.3) is 0 Å². The van der Waals surface area contributed by atoms with Gasteiger partial charge in [-0.3, -0.25) is 9.59 Å². The van der Waals surface area contributed by atoms with E-state index in [1.54, 1.807) is 6.92 Å². The number of aryl methyl sites for hydroxylation is 1. The number of hydrogen-bond donors (Lipinski definition) is 1. The van der Waals surface area contributed by atoms with Crippen molar-refractivity contribution in [3.63, 3.8) is 0 Å². The molecule has 0 radical (unpaired) electrons. The van der Waals surface area contributed by atoms with Gasteiger partial charge in [0.1, 0.15) is 0 Å². The van der Waals surface area contributed by atoms with Crippen LogP contribution in [0.3, 0.4) is 0 Å². The summed E-state index contributed by atoms with van der Waals surface area (Å²) in [4.78, 5) is 24.5. The average molecular weight is 416 g/mol. The summed E-state index contributed by atoms with van der Waals surface area (Å²) in [6, 6.07) is 15.6. The Morgan fingerprint density at radius 1 is 1.19 bits per heavy atom. The fourth-order valence-electron chi connectivity index (χ4n) is 3.25. The molecule has 3 rings (SSSR count). The second-order valence-corrected chi connectivity index (χ2v) is 7.50. The van der Waals surface area contributed by atoms with Crippen molar-refractivity contribution < 1.29 is 14.3 Å². The van der Waals surface area contributed by atoms with Gasteiger partial charge >= 0.3 is 5.97 Å². The number of esters is 1. The van der Waals surface area contributed by atoms with E-state index in [9.17, 15) is 9.59 Å². The van der Waals surface area contributed by atoms with E-state index in [0.717, 1.165) is 29.3 Å². The summed E-state index contributed by atoms with van der Waals surface area (Å²) in [5, 5.41) is 3.03. The molecular formula is C21H22BrNO3. The van der Waals surface area contributed by atoms with E-state index in [1.807, 2.05) is 36.4 Å². The molecule has 1 amide bonds. The normalized spacial score (nSPS) is 17.1. The predicted octanol–water partition coefficient (Wildman–Crippen LogP) is 4.12. The van der Waals surface area contributed by atoms with Crippen LogP contribution in [0, 0.1) is 0 Å². The van der Waals surface area contributed by atoms with Gasteiger partial charge in [0, 0.05) is 4.47 Å². The summed E-state index contributed by atoms with van der Waals surface area (Å²) in [5.41, 5.74) is 3.30. The molecule has 4 nitrogen and oxygen atoms in total. The van der Waals surface area contributed by atoms with Crippen molar-refractivity contribution >= 4 is 27.8 Å². The zero-order valence-electron chi connectivity index (χ0n) is 14.7. The molecule has 1 N–H and O–H groups in total. The van der Waals surface area contributed by atoms with Crippen molar-refractivity contribution in [1.29, 1.82) is 0 Å². The molecule has 0 aromatic heterocycles. The number of carbonyl (C=O) groups is 2. The van der Waals surface area contributed by atoms with Crippen LogP contribution in [-0.2, 0) is 27.2 Å². The molecular weight excluding hydrogens is 394 g/mol. The maximum Gasteiger partial charge on any atom is 0.311 e. The van der Waals surface area contributed by atoms with Crippen LogP contribution in [0.5, 0.6) is 0 Å². The molecule has 5 heteroatoms. The summed E-state index contributed by atoms with van der Waals surface area (Å²) in [7, 11) is 0. The number of carbonyl (C=O) groups excluding carboxylic acids is 2. The van der Waals surface area contributed by atoms with Crippen molar-refractivity contribution in [2.45, 2.75) is 44.8 Å².